The Labute approximate surface area is 232 Å². The van der Waals surface area contributed by atoms with E-state index in [2.05, 4.69) is 18.9 Å². The molecule has 0 aliphatic heterocycles. The van der Waals surface area contributed by atoms with Crippen LogP contribution >= 0.6 is 0 Å². The minimum absolute atomic E-state index is 0.181. The molecule has 1 N–H and O–H groups in total. The van der Waals surface area contributed by atoms with Crippen LogP contribution in [-0.4, -0.2) is 46.8 Å². The minimum Gasteiger partial charge on any atom is -0.496 e. The van der Waals surface area contributed by atoms with Gasteiger partial charge in [0.2, 0.25) is 0 Å². The summed E-state index contributed by atoms with van der Waals surface area (Å²) in [6, 6.07) is 16.1. The number of benzene rings is 3. The number of carboxylic acid groups (broad SMARTS) is 1. The van der Waals surface area contributed by atoms with Gasteiger partial charge in [0.15, 0.2) is 23.4 Å². The van der Waals surface area contributed by atoms with Crippen LogP contribution in [0.15, 0.2) is 64.5 Å². The lowest BCUT2D eigenvalue weighted by molar-refractivity contribution is -0.144. The van der Waals surface area contributed by atoms with E-state index in [9.17, 15) is 14.7 Å². The summed E-state index contributed by atoms with van der Waals surface area (Å²) in [6.07, 6.45) is 0.489. The molecule has 0 spiro atoms. The van der Waals surface area contributed by atoms with Crippen LogP contribution in [0.4, 0.5) is 0 Å². The number of methoxy groups -OCH3 is 1. The number of aryl methyl sites for hydroxylation is 1. The fourth-order valence-corrected chi connectivity index (χ4v) is 4.31. The van der Waals surface area contributed by atoms with Gasteiger partial charge < -0.3 is 19.3 Å². The summed E-state index contributed by atoms with van der Waals surface area (Å²) in [7, 11) is 1.64. The third-order valence-electron chi connectivity index (χ3n) is 6.43. The number of rotatable bonds is 10. The fraction of sp³-hybridized carbons (Fsp3) is 0.290. The zero-order valence-electron chi connectivity index (χ0n) is 23.5. The van der Waals surface area contributed by atoms with E-state index < -0.39 is 12.1 Å². The number of hydrogen-bond donors (Lipinski definition) is 1. The van der Waals surface area contributed by atoms with Gasteiger partial charge in [0, 0.05) is 5.56 Å². The maximum absolute atomic E-state index is 13.7. The molecule has 3 aromatic carbocycles. The molecule has 4 aromatic rings. The largest absolute Gasteiger partial charge is 0.496 e. The number of fused-ring (bicyclic) bond motifs is 1. The minimum atomic E-state index is -1.08. The Hall–Kier alpha value is -4.66. The summed E-state index contributed by atoms with van der Waals surface area (Å²) in [5.74, 6) is 0.948. The quantitative estimate of drug-likeness (QED) is 0.258. The van der Waals surface area contributed by atoms with Gasteiger partial charge in [-0.25, -0.2) is 9.78 Å². The SMILES string of the molecule is CCOc1cc(C=Nn2c(-c3cc(C(C)C)c(OC)cc3C)nc3ccccc3c2=O)ccc1O[C@@H](C)C(=O)O. The summed E-state index contributed by atoms with van der Waals surface area (Å²) in [5.41, 5.74) is 3.54. The lowest BCUT2D eigenvalue weighted by Crippen LogP contribution is -2.23. The van der Waals surface area contributed by atoms with E-state index in [4.69, 9.17) is 19.2 Å². The summed E-state index contributed by atoms with van der Waals surface area (Å²) < 4.78 is 18.1. The number of ether oxygens (including phenoxy) is 3. The first-order valence-corrected chi connectivity index (χ1v) is 13.1. The third-order valence-corrected chi connectivity index (χ3v) is 6.43. The third kappa shape index (κ3) is 5.83. The molecule has 0 bridgehead atoms. The molecule has 9 heteroatoms. The van der Waals surface area contributed by atoms with Gasteiger partial charge in [-0.1, -0.05) is 26.0 Å². The molecular formula is C31H33N3O6. The number of hydrogen-bond acceptors (Lipinski definition) is 7. The maximum Gasteiger partial charge on any atom is 0.344 e. The van der Waals surface area contributed by atoms with Crippen LogP contribution in [0.2, 0.25) is 0 Å². The molecule has 1 heterocycles. The van der Waals surface area contributed by atoms with Gasteiger partial charge in [-0.05, 0) is 85.8 Å². The number of nitrogens with zero attached hydrogens (tertiary/aromatic N) is 3. The van der Waals surface area contributed by atoms with Crippen molar-refractivity contribution in [2.45, 2.75) is 46.6 Å². The van der Waals surface area contributed by atoms with E-state index in [0.717, 1.165) is 22.4 Å². The van der Waals surface area contributed by atoms with Gasteiger partial charge in [-0.3, -0.25) is 4.79 Å². The van der Waals surface area contributed by atoms with E-state index in [1.807, 2.05) is 38.1 Å². The van der Waals surface area contributed by atoms with Crippen LogP contribution in [-0.2, 0) is 4.79 Å². The molecule has 208 valence electrons. The molecule has 0 unspecified atom stereocenters. The van der Waals surface area contributed by atoms with Crippen molar-refractivity contribution in [1.29, 1.82) is 0 Å². The smallest absolute Gasteiger partial charge is 0.344 e. The highest BCUT2D eigenvalue weighted by molar-refractivity contribution is 5.83. The Morgan fingerprint density at radius 2 is 1.82 bits per heavy atom. The Kier molecular flexibility index (Phi) is 8.52. The zero-order valence-corrected chi connectivity index (χ0v) is 23.5. The molecule has 1 aromatic heterocycles. The molecule has 0 aliphatic carbocycles. The van der Waals surface area contributed by atoms with E-state index in [1.54, 1.807) is 37.4 Å². The normalized spacial score (nSPS) is 12.2. The van der Waals surface area contributed by atoms with E-state index >= 15 is 0 Å². The highest BCUT2D eigenvalue weighted by Gasteiger charge is 2.19. The predicted molar refractivity (Wildman–Crippen MR) is 155 cm³/mol. The van der Waals surface area contributed by atoms with E-state index in [1.165, 1.54) is 17.8 Å². The zero-order chi connectivity index (χ0) is 29.0. The topological polar surface area (TPSA) is 112 Å². The molecule has 0 fully saturated rings. The van der Waals surface area contributed by atoms with Crippen LogP contribution in [0.25, 0.3) is 22.3 Å². The first-order chi connectivity index (χ1) is 19.1. The molecular weight excluding hydrogens is 510 g/mol. The van der Waals surface area contributed by atoms with Gasteiger partial charge in [0.1, 0.15) is 5.75 Å². The highest BCUT2D eigenvalue weighted by Crippen LogP contribution is 2.34. The van der Waals surface area contributed by atoms with Gasteiger partial charge in [0.05, 0.1) is 30.8 Å². The number of aromatic nitrogens is 2. The molecule has 40 heavy (non-hydrogen) atoms. The molecule has 0 saturated heterocycles. The van der Waals surface area contributed by atoms with E-state index in [-0.39, 0.29) is 11.5 Å². The van der Waals surface area contributed by atoms with Crippen molar-refractivity contribution < 1.29 is 24.1 Å². The summed E-state index contributed by atoms with van der Waals surface area (Å²) in [4.78, 5) is 29.8. The fourth-order valence-electron chi connectivity index (χ4n) is 4.31. The maximum atomic E-state index is 13.7. The number of aliphatic carboxylic acids is 1. The van der Waals surface area contributed by atoms with Gasteiger partial charge in [-0.2, -0.15) is 9.78 Å². The highest BCUT2D eigenvalue weighted by atomic mass is 16.5. The molecule has 0 aliphatic rings. The molecule has 0 amide bonds. The Morgan fingerprint density at radius 1 is 1.07 bits per heavy atom. The number of para-hydroxylation sites is 1. The van der Waals surface area contributed by atoms with Gasteiger partial charge >= 0.3 is 5.97 Å². The predicted octanol–water partition coefficient (Wildman–Crippen LogP) is 5.64. The lowest BCUT2D eigenvalue weighted by atomic mass is 9.96. The Balaban J connectivity index is 1.87. The van der Waals surface area contributed by atoms with Crippen LogP contribution in [0.1, 0.15) is 50.3 Å². The van der Waals surface area contributed by atoms with Crippen LogP contribution in [0, 0.1) is 6.92 Å². The molecule has 9 nitrogen and oxygen atoms in total. The van der Waals surface area contributed by atoms with Crippen molar-refractivity contribution in [2.75, 3.05) is 13.7 Å². The van der Waals surface area contributed by atoms with Crippen LogP contribution in [0.5, 0.6) is 17.2 Å². The van der Waals surface area contributed by atoms with Crippen LogP contribution < -0.4 is 19.8 Å². The lowest BCUT2D eigenvalue weighted by Gasteiger charge is -2.17. The standard InChI is InChI=1S/C31H33N3O6/c1-7-39-28-15-21(12-13-26(28)40-20(5)31(36)37)17-32-34-29(33-25-11-9-8-10-22(25)30(34)35)24-16-23(18(2)3)27(38-6)14-19(24)4/h8-18,20H,7H2,1-6H3,(H,36,37)/t20-/m0/s1. The van der Waals surface area contributed by atoms with Crippen molar-refractivity contribution in [1.82, 2.24) is 9.66 Å². The van der Waals surface area contributed by atoms with Gasteiger partial charge in [-0.15, -0.1) is 0 Å². The molecule has 0 radical (unpaired) electrons. The first-order valence-electron chi connectivity index (χ1n) is 13.1. The molecule has 4 rings (SSSR count). The summed E-state index contributed by atoms with van der Waals surface area (Å²) in [6.45, 7) is 9.72. The Bertz CT molecular complexity index is 1640. The van der Waals surface area contributed by atoms with Crippen molar-refractivity contribution in [2.24, 2.45) is 5.10 Å². The van der Waals surface area contributed by atoms with Crippen molar-refractivity contribution in [3.05, 3.63) is 81.6 Å². The number of carbonyl (C=O) groups is 1. The van der Waals surface area contributed by atoms with Gasteiger partial charge in [0.25, 0.3) is 5.56 Å². The summed E-state index contributed by atoms with van der Waals surface area (Å²) in [5, 5.41) is 14.2. The monoisotopic (exact) mass is 543 g/mol. The van der Waals surface area contributed by atoms with Crippen molar-refractivity contribution >= 4 is 23.1 Å². The Morgan fingerprint density at radius 3 is 2.50 bits per heavy atom. The van der Waals surface area contributed by atoms with Crippen molar-refractivity contribution in [3.63, 3.8) is 0 Å². The second-order valence-electron chi connectivity index (χ2n) is 9.62. The second kappa shape index (κ2) is 12.0. The summed E-state index contributed by atoms with van der Waals surface area (Å²) >= 11 is 0. The average molecular weight is 544 g/mol. The first kappa shape index (κ1) is 28.4. The van der Waals surface area contributed by atoms with E-state index in [0.29, 0.717) is 40.4 Å². The number of carboxylic acids is 1. The average Bonchev–Trinajstić information content (AvgIpc) is 2.93. The second-order valence-corrected chi connectivity index (χ2v) is 9.62. The van der Waals surface area contributed by atoms with Crippen LogP contribution in [0.3, 0.4) is 0 Å². The molecule has 0 saturated carbocycles. The van der Waals surface area contributed by atoms with Crippen molar-refractivity contribution in [3.8, 4) is 28.6 Å². The molecule has 1 atom stereocenters.